The zero-order chi connectivity index (χ0) is 28.4. The third-order valence-electron chi connectivity index (χ3n) is 5.36. The molecule has 0 aliphatic rings. The minimum atomic E-state index is -0.776. The Kier molecular flexibility index (Phi) is 9.62. The van der Waals surface area contributed by atoms with Crippen LogP contribution in [0, 0.1) is 20.2 Å². The summed E-state index contributed by atoms with van der Waals surface area (Å²) in [6.45, 7) is 1.51. The highest BCUT2D eigenvalue weighted by Crippen LogP contribution is 2.29. The van der Waals surface area contributed by atoms with E-state index in [0.29, 0.717) is 23.4 Å². The molecule has 0 heterocycles. The molecular weight excluding hydrogens is 510 g/mol. The van der Waals surface area contributed by atoms with Gasteiger partial charge in [-0.05, 0) is 48.9 Å². The number of esters is 1. The third-order valence-corrected chi connectivity index (χ3v) is 5.36. The molecule has 0 radical (unpaired) electrons. The molecule has 2 N–H and O–H groups in total. The SMILES string of the molecule is CCCC(=O)Nc1ccccc1C(=O)OC/C(=N/Nc1ccc([N+](=O)[O-])cc1[N+](=O)[O-])c1ccc(OC)cc1. The summed E-state index contributed by atoms with van der Waals surface area (Å²) in [6.07, 6.45) is 0.929. The van der Waals surface area contributed by atoms with Gasteiger partial charge in [0.15, 0.2) is 0 Å². The highest BCUT2D eigenvalue weighted by atomic mass is 16.6. The molecule has 13 nitrogen and oxygen atoms in total. The number of carbonyl (C=O) groups excluding carboxylic acids is 2. The number of nitro benzene ring substituents is 2. The van der Waals surface area contributed by atoms with Crippen molar-refractivity contribution in [2.45, 2.75) is 19.8 Å². The zero-order valence-corrected chi connectivity index (χ0v) is 21.1. The summed E-state index contributed by atoms with van der Waals surface area (Å²) in [5.41, 5.74) is 2.55. The average molecular weight is 536 g/mol. The highest BCUT2D eigenvalue weighted by Gasteiger charge is 2.20. The maximum atomic E-state index is 12.9. The smallest absolute Gasteiger partial charge is 0.340 e. The zero-order valence-electron chi connectivity index (χ0n) is 21.1. The maximum absolute atomic E-state index is 12.9. The van der Waals surface area contributed by atoms with Gasteiger partial charge in [0, 0.05) is 18.1 Å². The van der Waals surface area contributed by atoms with Gasteiger partial charge >= 0.3 is 11.7 Å². The van der Waals surface area contributed by atoms with Crippen LogP contribution < -0.4 is 15.5 Å². The number of hydrazone groups is 1. The molecule has 0 saturated heterocycles. The molecule has 39 heavy (non-hydrogen) atoms. The Morgan fingerprint density at radius 3 is 2.31 bits per heavy atom. The topological polar surface area (TPSA) is 175 Å². The summed E-state index contributed by atoms with van der Waals surface area (Å²) in [4.78, 5) is 46.0. The Bertz CT molecular complexity index is 1410. The van der Waals surface area contributed by atoms with Gasteiger partial charge in [-0.25, -0.2) is 4.79 Å². The number of rotatable bonds is 12. The normalized spacial score (nSPS) is 10.9. The molecule has 0 saturated carbocycles. The lowest BCUT2D eigenvalue weighted by atomic mass is 10.1. The van der Waals surface area contributed by atoms with Crippen LogP contribution in [0.2, 0.25) is 0 Å². The molecule has 13 heteroatoms. The van der Waals surface area contributed by atoms with Gasteiger partial charge in [0.05, 0.1) is 34.3 Å². The fourth-order valence-electron chi connectivity index (χ4n) is 3.39. The van der Waals surface area contributed by atoms with Crippen LogP contribution in [0.3, 0.4) is 0 Å². The van der Waals surface area contributed by atoms with Crippen LogP contribution in [0.15, 0.2) is 71.8 Å². The Morgan fingerprint density at radius 1 is 0.949 bits per heavy atom. The van der Waals surface area contributed by atoms with Gasteiger partial charge in [-0.2, -0.15) is 5.10 Å². The number of benzene rings is 3. The van der Waals surface area contributed by atoms with Crippen LogP contribution in [-0.2, 0) is 9.53 Å². The first-order valence-corrected chi connectivity index (χ1v) is 11.7. The number of nitrogens with one attached hydrogen (secondary N) is 2. The first-order chi connectivity index (χ1) is 18.7. The standard InChI is InChI=1S/C26H25N5O8/c1-3-6-25(32)27-21-8-5-4-7-20(21)26(33)39-16-23(17-9-12-19(38-2)13-10-17)29-28-22-14-11-18(30(34)35)15-24(22)31(36)37/h4-5,7-15,28H,3,6,16H2,1-2H3,(H,27,32)/b29-23-. The van der Waals surface area contributed by atoms with Crippen molar-refractivity contribution in [3.63, 3.8) is 0 Å². The number of non-ortho nitro benzene ring substituents is 1. The molecule has 0 spiro atoms. The van der Waals surface area contributed by atoms with Crippen molar-refractivity contribution in [1.82, 2.24) is 0 Å². The van der Waals surface area contributed by atoms with E-state index in [4.69, 9.17) is 9.47 Å². The first kappa shape index (κ1) is 28.2. The van der Waals surface area contributed by atoms with Crippen molar-refractivity contribution in [2.24, 2.45) is 5.10 Å². The predicted molar refractivity (Wildman–Crippen MR) is 143 cm³/mol. The molecule has 0 atom stereocenters. The van der Waals surface area contributed by atoms with Crippen LogP contribution in [0.4, 0.5) is 22.7 Å². The summed E-state index contributed by atoms with van der Waals surface area (Å²) in [5, 5.41) is 29.4. The molecular formula is C26H25N5O8. The van der Waals surface area contributed by atoms with Crippen molar-refractivity contribution in [2.75, 3.05) is 24.5 Å². The van der Waals surface area contributed by atoms with Crippen molar-refractivity contribution in [3.05, 3.63) is 98.1 Å². The largest absolute Gasteiger partial charge is 0.497 e. The number of hydrogen-bond donors (Lipinski definition) is 2. The average Bonchev–Trinajstić information content (AvgIpc) is 2.93. The lowest BCUT2D eigenvalue weighted by molar-refractivity contribution is -0.393. The van der Waals surface area contributed by atoms with Gasteiger partial charge in [-0.15, -0.1) is 0 Å². The fraction of sp³-hybridized carbons (Fsp3) is 0.192. The molecule has 0 fully saturated rings. The number of ether oxygens (including phenoxy) is 2. The Labute approximate surface area is 222 Å². The second-order valence-electron chi connectivity index (χ2n) is 8.03. The minimum Gasteiger partial charge on any atom is -0.497 e. The van der Waals surface area contributed by atoms with Crippen LogP contribution in [0.1, 0.15) is 35.7 Å². The second kappa shape index (κ2) is 13.3. The Morgan fingerprint density at radius 2 is 1.67 bits per heavy atom. The van der Waals surface area contributed by atoms with Crippen molar-refractivity contribution in [1.29, 1.82) is 0 Å². The molecule has 1 amide bonds. The van der Waals surface area contributed by atoms with E-state index in [1.54, 1.807) is 42.5 Å². The van der Waals surface area contributed by atoms with E-state index in [0.717, 1.165) is 18.2 Å². The van der Waals surface area contributed by atoms with Crippen molar-refractivity contribution in [3.8, 4) is 5.75 Å². The van der Waals surface area contributed by atoms with Gasteiger partial charge in [0.25, 0.3) is 5.69 Å². The summed E-state index contributed by atoms with van der Waals surface area (Å²) >= 11 is 0. The molecule has 202 valence electrons. The van der Waals surface area contributed by atoms with Crippen LogP contribution >= 0.6 is 0 Å². The molecule has 3 aromatic carbocycles. The van der Waals surface area contributed by atoms with Crippen molar-refractivity contribution >= 4 is 40.3 Å². The molecule has 0 unspecified atom stereocenters. The predicted octanol–water partition coefficient (Wildman–Crippen LogP) is 4.92. The van der Waals surface area contributed by atoms with E-state index in [1.165, 1.54) is 13.2 Å². The number of anilines is 2. The van der Waals surface area contributed by atoms with E-state index in [9.17, 15) is 29.8 Å². The number of nitro groups is 2. The van der Waals surface area contributed by atoms with E-state index in [-0.39, 0.29) is 35.9 Å². The summed E-state index contributed by atoms with van der Waals surface area (Å²) in [5.74, 6) is -0.414. The number of amides is 1. The molecule has 0 aliphatic carbocycles. The van der Waals surface area contributed by atoms with E-state index < -0.39 is 27.2 Å². The number of carbonyl (C=O) groups is 2. The Hall–Kier alpha value is -5.33. The minimum absolute atomic E-state index is 0.105. The number of hydrogen-bond acceptors (Lipinski definition) is 10. The molecule has 3 aromatic rings. The summed E-state index contributed by atoms with van der Waals surface area (Å²) < 4.78 is 10.6. The molecule has 3 rings (SSSR count). The number of methoxy groups -OCH3 is 1. The first-order valence-electron chi connectivity index (χ1n) is 11.7. The number of nitrogens with zero attached hydrogens (tertiary/aromatic N) is 3. The molecule has 0 bridgehead atoms. The summed E-state index contributed by atoms with van der Waals surface area (Å²) in [7, 11) is 1.50. The third kappa shape index (κ3) is 7.58. The van der Waals surface area contributed by atoms with Crippen LogP contribution in [0.25, 0.3) is 0 Å². The van der Waals surface area contributed by atoms with Gasteiger partial charge in [-0.3, -0.25) is 30.4 Å². The van der Waals surface area contributed by atoms with Gasteiger partial charge in [-0.1, -0.05) is 19.1 Å². The highest BCUT2D eigenvalue weighted by molar-refractivity contribution is 6.05. The number of para-hydroxylation sites is 1. The molecule has 0 aromatic heterocycles. The second-order valence-corrected chi connectivity index (χ2v) is 8.03. The quantitative estimate of drug-likeness (QED) is 0.141. The van der Waals surface area contributed by atoms with Gasteiger partial charge in [0.2, 0.25) is 5.91 Å². The maximum Gasteiger partial charge on any atom is 0.340 e. The van der Waals surface area contributed by atoms with E-state index in [2.05, 4.69) is 15.8 Å². The lowest BCUT2D eigenvalue weighted by Gasteiger charge is -2.13. The summed E-state index contributed by atoms with van der Waals surface area (Å²) in [6, 6.07) is 16.1. The van der Waals surface area contributed by atoms with Crippen LogP contribution in [-0.4, -0.2) is 41.2 Å². The Balaban J connectivity index is 1.88. The van der Waals surface area contributed by atoms with Crippen molar-refractivity contribution < 1.29 is 28.9 Å². The fourth-order valence-corrected chi connectivity index (χ4v) is 3.39. The van der Waals surface area contributed by atoms with E-state index >= 15 is 0 Å². The monoisotopic (exact) mass is 535 g/mol. The van der Waals surface area contributed by atoms with Gasteiger partial charge in [0.1, 0.15) is 23.8 Å². The molecule has 0 aliphatic heterocycles. The van der Waals surface area contributed by atoms with Crippen LogP contribution in [0.5, 0.6) is 5.75 Å². The van der Waals surface area contributed by atoms with E-state index in [1.807, 2.05) is 6.92 Å². The lowest BCUT2D eigenvalue weighted by Crippen LogP contribution is -2.19. The van der Waals surface area contributed by atoms with Gasteiger partial charge < -0.3 is 14.8 Å².